The minimum Gasteiger partial charge on any atom is -0.497 e. The first kappa shape index (κ1) is 21.4. The number of ether oxygens (including phenoxy) is 2. The molecule has 160 valence electrons. The van der Waals surface area contributed by atoms with Gasteiger partial charge in [0, 0.05) is 33.7 Å². The zero-order valence-electron chi connectivity index (χ0n) is 17.5. The van der Waals surface area contributed by atoms with Crippen molar-refractivity contribution in [1.82, 2.24) is 4.90 Å². The van der Waals surface area contributed by atoms with Crippen LogP contribution in [0.15, 0.2) is 42.5 Å². The maximum absolute atomic E-state index is 13.3. The summed E-state index contributed by atoms with van der Waals surface area (Å²) in [6, 6.07) is 14.9. The van der Waals surface area contributed by atoms with Gasteiger partial charge >= 0.3 is 5.97 Å². The number of carbonyl (C=O) groups is 1. The van der Waals surface area contributed by atoms with Crippen LogP contribution >= 0.6 is 22.6 Å². The summed E-state index contributed by atoms with van der Waals surface area (Å²) >= 11 is 2.23. The number of piperidine rings is 1. The molecule has 0 aliphatic carbocycles. The van der Waals surface area contributed by atoms with Crippen molar-refractivity contribution in [2.45, 2.75) is 43.7 Å². The summed E-state index contributed by atoms with van der Waals surface area (Å²) in [6.45, 7) is 0.393. The highest BCUT2D eigenvalue weighted by molar-refractivity contribution is 14.1. The van der Waals surface area contributed by atoms with Crippen LogP contribution in [0.25, 0.3) is 0 Å². The van der Waals surface area contributed by atoms with Gasteiger partial charge in [-0.15, -0.1) is 0 Å². The minimum absolute atomic E-state index is 0.0711. The molecule has 5 nitrogen and oxygen atoms in total. The molecule has 30 heavy (non-hydrogen) atoms. The molecule has 2 aromatic rings. The quantitative estimate of drug-likeness (QED) is 0.351. The smallest absolute Gasteiger partial charge is 0.311 e. The lowest BCUT2D eigenvalue weighted by Gasteiger charge is -2.42. The highest BCUT2D eigenvalue weighted by atomic mass is 127. The van der Waals surface area contributed by atoms with Gasteiger partial charge < -0.3 is 15.2 Å². The normalized spacial score (nSPS) is 25.8. The molecule has 0 spiro atoms. The molecule has 2 saturated heterocycles. The predicted octanol–water partition coefficient (Wildman–Crippen LogP) is 4.23. The summed E-state index contributed by atoms with van der Waals surface area (Å²) in [7, 11) is 3.83. The highest BCUT2D eigenvalue weighted by Gasteiger charge is 2.49. The molecule has 2 heterocycles. The molecule has 0 aromatic heterocycles. The zero-order chi connectivity index (χ0) is 21.3. The minimum atomic E-state index is -0.131. The number of fused-ring (bicyclic) bond motifs is 2. The van der Waals surface area contributed by atoms with Crippen molar-refractivity contribution < 1.29 is 14.3 Å². The first-order valence-electron chi connectivity index (χ1n) is 10.5. The molecule has 2 N–H and O–H groups in total. The molecule has 2 aromatic carbocycles. The van der Waals surface area contributed by atoms with Gasteiger partial charge in [0.25, 0.3) is 0 Å². The molecular formula is C24H29IN2O3. The van der Waals surface area contributed by atoms with E-state index in [9.17, 15) is 4.79 Å². The Morgan fingerprint density at radius 2 is 1.97 bits per heavy atom. The molecule has 2 aliphatic rings. The van der Waals surface area contributed by atoms with Gasteiger partial charge in [0.05, 0.1) is 19.6 Å². The second kappa shape index (κ2) is 9.14. The molecule has 0 amide bonds. The number of hydrogen-bond acceptors (Lipinski definition) is 5. The molecule has 2 aliphatic heterocycles. The van der Waals surface area contributed by atoms with E-state index in [-0.39, 0.29) is 23.8 Å². The molecule has 2 fully saturated rings. The van der Waals surface area contributed by atoms with Crippen molar-refractivity contribution in [3.05, 3.63) is 57.2 Å². The van der Waals surface area contributed by atoms with Gasteiger partial charge in [-0.25, -0.2) is 0 Å². The molecule has 2 bridgehead atoms. The van der Waals surface area contributed by atoms with Gasteiger partial charge in [0.1, 0.15) is 5.75 Å². The van der Waals surface area contributed by atoms with Gasteiger partial charge in [-0.2, -0.15) is 0 Å². The fourth-order valence-corrected chi connectivity index (χ4v) is 5.65. The summed E-state index contributed by atoms with van der Waals surface area (Å²) in [5, 5.41) is 0. The van der Waals surface area contributed by atoms with Crippen molar-refractivity contribution in [2.75, 3.05) is 26.5 Å². The lowest BCUT2D eigenvalue weighted by atomic mass is 9.76. The number of nitrogens with zero attached hydrogens (tertiary/aromatic N) is 1. The van der Waals surface area contributed by atoms with Crippen molar-refractivity contribution in [3.8, 4) is 5.75 Å². The topological polar surface area (TPSA) is 64.8 Å². The van der Waals surface area contributed by atoms with E-state index in [0.29, 0.717) is 19.1 Å². The Balaban J connectivity index is 1.47. The molecule has 0 unspecified atom stereocenters. The van der Waals surface area contributed by atoms with Crippen LogP contribution in [0, 0.1) is 9.49 Å². The monoisotopic (exact) mass is 520 g/mol. The maximum atomic E-state index is 13.3. The first-order chi connectivity index (χ1) is 14.5. The number of halogens is 1. The molecule has 0 saturated carbocycles. The van der Waals surface area contributed by atoms with E-state index in [0.717, 1.165) is 39.8 Å². The van der Waals surface area contributed by atoms with Crippen LogP contribution in [-0.2, 0) is 16.0 Å². The van der Waals surface area contributed by atoms with Gasteiger partial charge in [-0.05, 0) is 84.3 Å². The third-order valence-corrected chi connectivity index (χ3v) is 7.72. The summed E-state index contributed by atoms with van der Waals surface area (Å²) < 4.78 is 12.2. The standard InChI is InChI=1S/C24H29IN2O3/c1-27-17-6-10-22(27)23(19(14-17)16-4-7-18(29-2)8-5-16)24(28)30-12-11-15-3-9-21(26)20(25)13-15/h3-5,7-9,13,17,19,22-23H,6,10-12,14,26H2,1-2H3/t17-,19+,22+,23-/m0/s1. The zero-order valence-corrected chi connectivity index (χ0v) is 19.7. The van der Waals surface area contributed by atoms with Gasteiger partial charge in [0.2, 0.25) is 0 Å². The Hall–Kier alpha value is -1.80. The molecule has 0 radical (unpaired) electrons. The predicted molar refractivity (Wildman–Crippen MR) is 127 cm³/mol. The van der Waals surface area contributed by atoms with Crippen LogP contribution in [0.2, 0.25) is 0 Å². The highest BCUT2D eigenvalue weighted by Crippen LogP contribution is 2.46. The SMILES string of the molecule is COc1ccc([C@H]2C[C@@H]3CC[C@H]([C@H]2C(=O)OCCc2ccc(N)c(I)c2)N3C)cc1. The second-order valence-electron chi connectivity index (χ2n) is 8.38. The number of nitrogens with two attached hydrogens (primary N) is 1. The first-order valence-corrected chi connectivity index (χ1v) is 11.6. The van der Waals surface area contributed by atoms with E-state index in [1.807, 2.05) is 24.3 Å². The van der Waals surface area contributed by atoms with E-state index in [1.165, 1.54) is 5.56 Å². The number of nitrogen functional groups attached to an aromatic ring is 1. The number of carbonyl (C=O) groups excluding carboxylic acids is 1. The Labute approximate surface area is 192 Å². The Morgan fingerprint density at radius 1 is 1.20 bits per heavy atom. The number of hydrogen-bond donors (Lipinski definition) is 1. The van der Waals surface area contributed by atoms with Gasteiger partial charge in [-0.1, -0.05) is 18.2 Å². The third kappa shape index (κ3) is 4.30. The summed E-state index contributed by atoms with van der Waals surface area (Å²) in [4.78, 5) is 15.7. The number of benzene rings is 2. The van der Waals surface area contributed by atoms with Crippen molar-refractivity contribution in [2.24, 2.45) is 5.92 Å². The molecule has 4 atom stereocenters. The number of methoxy groups -OCH3 is 1. The summed E-state index contributed by atoms with van der Waals surface area (Å²) in [5.74, 6) is 0.827. The van der Waals surface area contributed by atoms with Gasteiger partial charge in [-0.3, -0.25) is 9.69 Å². The van der Waals surface area contributed by atoms with Crippen LogP contribution in [0.4, 0.5) is 5.69 Å². The average Bonchev–Trinajstić information content (AvgIpc) is 2.98. The van der Waals surface area contributed by atoms with E-state index in [4.69, 9.17) is 15.2 Å². The molecule has 6 heteroatoms. The van der Waals surface area contributed by atoms with Gasteiger partial charge in [0.15, 0.2) is 0 Å². The van der Waals surface area contributed by atoms with Crippen LogP contribution < -0.4 is 10.5 Å². The number of rotatable bonds is 6. The second-order valence-corrected chi connectivity index (χ2v) is 9.54. The number of esters is 1. The van der Waals surface area contributed by atoms with Crippen molar-refractivity contribution >= 4 is 34.2 Å². The van der Waals surface area contributed by atoms with Crippen LogP contribution in [0.1, 0.15) is 36.3 Å². The van der Waals surface area contributed by atoms with E-state index in [1.54, 1.807) is 7.11 Å². The Morgan fingerprint density at radius 3 is 2.67 bits per heavy atom. The fourth-order valence-electron chi connectivity index (χ4n) is 5.07. The lowest BCUT2D eigenvalue weighted by Crippen LogP contribution is -2.49. The van der Waals surface area contributed by atoms with Crippen LogP contribution in [0.5, 0.6) is 5.75 Å². The Kier molecular flexibility index (Phi) is 6.53. The lowest BCUT2D eigenvalue weighted by molar-refractivity contribution is -0.153. The molecule has 4 rings (SSSR count). The van der Waals surface area contributed by atoms with Crippen molar-refractivity contribution in [3.63, 3.8) is 0 Å². The average molecular weight is 520 g/mol. The largest absolute Gasteiger partial charge is 0.497 e. The summed E-state index contributed by atoms with van der Waals surface area (Å²) in [6.07, 6.45) is 3.91. The van der Waals surface area contributed by atoms with E-state index >= 15 is 0 Å². The van der Waals surface area contributed by atoms with E-state index in [2.05, 4.69) is 52.7 Å². The van der Waals surface area contributed by atoms with E-state index < -0.39 is 0 Å². The van der Waals surface area contributed by atoms with Crippen LogP contribution in [0.3, 0.4) is 0 Å². The Bertz CT molecular complexity index is 902. The third-order valence-electron chi connectivity index (χ3n) is 6.78. The number of anilines is 1. The molecular weight excluding hydrogens is 491 g/mol. The van der Waals surface area contributed by atoms with Crippen molar-refractivity contribution in [1.29, 1.82) is 0 Å². The maximum Gasteiger partial charge on any atom is 0.311 e. The summed E-state index contributed by atoms with van der Waals surface area (Å²) in [5.41, 5.74) is 9.01. The van der Waals surface area contributed by atoms with Crippen LogP contribution in [-0.4, -0.2) is 43.7 Å². The fraction of sp³-hybridized carbons (Fsp3) is 0.458.